The lowest BCUT2D eigenvalue weighted by atomic mass is 9.82. The molecule has 4 aliphatic rings. The summed E-state index contributed by atoms with van der Waals surface area (Å²) in [7, 11) is 0. The van der Waals surface area contributed by atoms with Crippen molar-refractivity contribution in [1.29, 1.82) is 0 Å². The number of hydrogen-bond donors (Lipinski definition) is 0. The zero-order chi connectivity index (χ0) is 74.9. The molecule has 0 spiro atoms. The first-order chi connectivity index (χ1) is 55.2. The summed E-state index contributed by atoms with van der Waals surface area (Å²) in [6.07, 6.45) is 0. The van der Waals surface area contributed by atoms with E-state index < -0.39 is 0 Å². The van der Waals surface area contributed by atoms with Crippen molar-refractivity contribution in [3.05, 3.63) is 348 Å². The molecule has 8 heterocycles. The molecule has 0 amide bonds. The van der Waals surface area contributed by atoms with Crippen LogP contribution in [0.4, 0.5) is 0 Å². The molecule has 5 heteroatoms. The van der Waals surface area contributed by atoms with E-state index in [1.807, 2.05) is 6.07 Å². The molecule has 4 aliphatic carbocycles. The van der Waals surface area contributed by atoms with Gasteiger partial charge in [0.15, 0.2) is 0 Å². The van der Waals surface area contributed by atoms with Gasteiger partial charge in [0.1, 0.15) is 11.2 Å². The molecule has 0 aliphatic heterocycles. The number of benzene rings is 16. The Hall–Kier alpha value is -13.5. The molecule has 113 heavy (non-hydrogen) atoms. The standard InChI is InChI=1S/C39H26N2.C36H27N.C33H21NO/c1-39(2)29-17-8-6-14-26(29)34-30(39)20-22-32-35(34)27-15-10-16-28-36-33(41(32)37(27)28)21-19-25-24-13-7-9-18-31(24)40(38(25)36)23-11-4-3-5-12-23;1-35(2)27-15-8-6-11-22(27)32-28(35)16-17-30-33(32)23-13-9-12-21-25-18-29-24(19-31(25)37(30)34(21)23)20-10-5-7-14-26(20)36(29,3)4;1-33(2)24-12-5-3-9-20(24)30-25(33)14-15-26-31(30)21-11-7-10-19-22-17-29-23(16-27(22)34(26)32(19)21)18-8-4-6-13-28(18)35-29/h3-22H,1-2H3;5-19H,1-4H3;3-17H,1-2H3. The second-order valence-electron chi connectivity index (χ2n) is 34.9. The van der Waals surface area contributed by atoms with Gasteiger partial charge in [0, 0.05) is 114 Å². The molecule has 0 atom stereocenters. The largest absolute Gasteiger partial charge is 0.456 e. The minimum atomic E-state index is -0.0169. The average molecular weight is 1440 g/mol. The van der Waals surface area contributed by atoms with Crippen molar-refractivity contribution in [3.63, 3.8) is 0 Å². The van der Waals surface area contributed by atoms with Crippen LogP contribution in [0.3, 0.4) is 0 Å². The number of fused-ring (bicyclic) bond motifs is 40. The molecule has 0 unspecified atom stereocenters. The zero-order valence-corrected chi connectivity index (χ0v) is 64.1. The van der Waals surface area contributed by atoms with Crippen molar-refractivity contribution >= 4 is 158 Å². The Labute approximate surface area is 651 Å². The third-order valence-electron chi connectivity index (χ3n) is 28.1. The maximum atomic E-state index is 6.25. The molecule has 532 valence electrons. The topological polar surface area (TPSA) is 31.3 Å². The van der Waals surface area contributed by atoms with Crippen molar-refractivity contribution in [3.8, 4) is 50.2 Å². The van der Waals surface area contributed by atoms with Gasteiger partial charge in [-0.3, -0.25) is 0 Å². The number of hydrogen-bond acceptors (Lipinski definition) is 1. The van der Waals surface area contributed by atoms with Gasteiger partial charge in [0.2, 0.25) is 0 Å². The molecule has 28 rings (SSSR count). The van der Waals surface area contributed by atoms with Crippen LogP contribution >= 0.6 is 0 Å². The van der Waals surface area contributed by atoms with Crippen molar-refractivity contribution in [2.45, 2.75) is 77.0 Å². The predicted octanol–water partition coefficient (Wildman–Crippen LogP) is 28.7. The fourth-order valence-electron chi connectivity index (χ4n) is 23.1. The molecule has 0 N–H and O–H groups in total. The van der Waals surface area contributed by atoms with E-state index in [9.17, 15) is 0 Å². The summed E-state index contributed by atoms with van der Waals surface area (Å²) in [6.45, 7) is 18.9. The lowest BCUT2D eigenvalue weighted by Gasteiger charge is -2.21. The van der Waals surface area contributed by atoms with Gasteiger partial charge < -0.3 is 22.2 Å². The lowest BCUT2D eigenvalue weighted by Crippen LogP contribution is -2.14. The molecular weight excluding hydrogens is 1370 g/mol. The molecule has 5 nitrogen and oxygen atoms in total. The van der Waals surface area contributed by atoms with Gasteiger partial charge in [-0.2, -0.15) is 0 Å². The maximum absolute atomic E-state index is 6.25. The second-order valence-corrected chi connectivity index (χ2v) is 34.9. The number of para-hydroxylation sites is 6. The Morgan fingerprint density at radius 1 is 0.204 bits per heavy atom. The minimum absolute atomic E-state index is 0.00392. The smallest absolute Gasteiger partial charge is 0.136 e. The average Bonchev–Trinajstić information content (AvgIpc) is 1.58. The van der Waals surface area contributed by atoms with E-state index in [0.717, 1.165) is 11.2 Å². The summed E-state index contributed by atoms with van der Waals surface area (Å²) >= 11 is 0. The molecule has 0 fully saturated rings. The summed E-state index contributed by atoms with van der Waals surface area (Å²) in [5.41, 5.74) is 39.9. The summed E-state index contributed by atoms with van der Waals surface area (Å²) in [4.78, 5) is 0. The Bertz CT molecular complexity index is 8410. The normalized spacial score (nSPS) is 15.2. The highest BCUT2D eigenvalue weighted by atomic mass is 16.3. The van der Waals surface area contributed by atoms with Crippen LogP contribution in [0.25, 0.3) is 208 Å². The van der Waals surface area contributed by atoms with Gasteiger partial charge in [-0.25, -0.2) is 0 Å². The van der Waals surface area contributed by atoms with Gasteiger partial charge in [-0.05, 0) is 162 Å². The van der Waals surface area contributed by atoms with Crippen molar-refractivity contribution in [1.82, 2.24) is 17.8 Å². The van der Waals surface area contributed by atoms with E-state index >= 15 is 0 Å². The van der Waals surface area contributed by atoms with Gasteiger partial charge in [-0.15, -0.1) is 0 Å². The molecule has 0 saturated carbocycles. The quantitative estimate of drug-likeness (QED) is 0.161. The fourth-order valence-corrected chi connectivity index (χ4v) is 23.1. The van der Waals surface area contributed by atoms with E-state index in [-0.39, 0.29) is 21.7 Å². The highest BCUT2D eigenvalue weighted by molar-refractivity contribution is 6.34. The van der Waals surface area contributed by atoms with Crippen molar-refractivity contribution < 1.29 is 4.42 Å². The first-order valence-corrected chi connectivity index (χ1v) is 40.2. The zero-order valence-electron chi connectivity index (χ0n) is 64.1. The predicted molar refractivity (Wildman–Crippen MR) is 475 cm³/mol. The number of nitrogens with zero attached hydrogens (tertiary/aromatic N) is 4. The van der Waals surface area contributed by atoms with Crippen LogP contribution in [0.15, 0.2) is 308 Å². The van der Waals surface area contributed by atoms with Crippen molar-refractivity contribution in [2.75, 3.05) is 0 Å². The van der Waals surface area contributed by atoms with Gasteiger partial charge in [0.05, 0.1) is 60.7 Å². The van der Waals surface area contributed by atoms with E-state index in [1.165, 1.54) is 242 Å². The molecule has 16 aromatic carbocycles. The molecule has 0 saturated heterocycles. The van der Waals surface area contributed by atoms with Crippen LogP contribution in [0.5, 0.6) is 0 Å². The molecule has 0 radical (unpaired) electrons. The lowest BCUT2D eigenvalue weighted by molar-refractivity contribution is 0.660. The van der Waals surface area contributed by atoms with Gasteiger partial charge >= 0.3 is 0 Å². The number of aromatic nitrogens is 4. The van der Waals surface area contributed by atoms with Crippen LogP contribution in [-0.2, 0) is 21.7 Å². The summed E-state index contributed by atoms with van der Waals surface area (Å²) < 4.78 is 16.3. The highest BCUT2D eigenvalue weighted by Crippen LogP contribution is 2.60. The first kappa shape index (κ1) is 62.3. The SMILES string of the molecule is CC1(C)c2ccccc2-c2c1ccc1c2c2cccc3c4c5c(ccc4n1c23)c1ccccc1n5-c1ccccc1.CC1(C)c2ccccc2-c2c1ccc1c2c2cccc3c4cc5oc6ccccc6c5cc4n1c32.CC1(C)c2ccccc2-c2cc3c(cc21)c1cccc2c4c5c(ccc4n3c12)C(C)(C)c1ccccc1-5. The number of rotatable bonds is 1. The van der Waals surface area contributed by atoms with Crippen LogP contribution in [0, 0.1) is 0 Å². The highest BCUT2D eigenvalue weighted by Gasteiger charge is 2.42. The van der Waals surface area contributed by atoms with Crippen LogP contribution in [-0.4, -0.2) is 17.8 Å². The first-order valence-electron chi connectivity index (χ1n) is 40.2. The van der Waals surface area contributed by atoms with E-state index in [4.69, 9.17) is 4.42 Å². The Morgan fingerprint density at radius 2 is 0.584 bits per heavy atom. The second kappa shape index (κ2) is 20.9. The monoisotopic (exact) mass is 1440 g/mol. The summed E-state index contributed by atoms with van der Waals surface area (Å²) in [5.74, 6) is 0. The minimum Gasteiger partial charge on any atom is -0.456 e. The third kappa shape index (κ3) is 7.47. The Morgan fingerprint density at radius 3 is 1.13 bits per heavy atom. The van der Waals surface area contributed by atoms with Crippen LogP contribution in [0.1, 0.15) is 99.9 Å². The van der Waals surface area contributed by atoms with Crippen LogP contribution < -0.4 is 0 Å². The van der Waals surface area contributed by atoms with Gasteiger partial charge in [0.25, 0.3) is 0 Å². The van der Waals surface area contributed by atoms with Crippen LogP contribution in [0.2, 0.25) is 0 Å². The summed E-state index contributed by atoms with van der Waals surface area (Å²) in [5, 5.41) is 21.0. The fraction of sp³-hybridized carbons (Fsp3) is 0.111. The maximum Gasteiger partial charge on any atom is 0.136 e. The van der Waals surface area contributed by atoms with E-state index in [1.54, 1.807) is 0 Å². The third-order valence-corrected chi connectivity index (χ3v) is 28.1. The van der Waals surface area contributed by atoms with Gasteiger partial charge in [-0.1, -0.05) is 286 Å². The van der Waals surface area contributed by atoms with E-state index in [0.29, 0.717) is 0 Å². The van der Waals surface area contributed by atoms with Crippen molar-refractivity contribution in [2.24, 2.45) is 0 Å². The van der Waals surface area contributed by atoms with E-state index in [2.05, 4.69) is 370 Å². The molecule has 8 aromatic heterocycles. The molecule has 0 bridgehead atoms. The molecule has 24 aromatic rings. The molecular formula is C108H74N4O. The Balaban J connectivity index is 0.0000000939. The number of furan rings is 1. The Kier molecular flexibility index (Phi) is 11.5. The summed E-state index contributed by atoms with van der Waals surface area (Å²) in [6, 6.07) is 113.